The van der Waals surface area contributed by atoms with Gasteiger partial charge >= 0.3 is 6.03 Å². The summed E-state index contributed by atoms with van der Waals surface area (Å²) in [7, 11) is -3.37. The van der Waals surface area contributed by atoms with E-state index in [4.69, 9.17) is 4.74 Å². The van der Waals surface area contributed by atoms with Gasteiger partial charge in [-0.25, -0.2) is 17.6 Å². The van der Waals surface area contributed by atoms with E-state index in [0.717, 1.165) is 0 Å². The number of halogens is 1. The molecule has 31 heavy (non-hydrogen) atoms. The van der Waals surface area contributed by atoms with Crippen molar-refractivity contribution in [2.75, 3.05) is 34.9 Å². The second-order valence-electron chi connectivity index (χ2n) is 7.47. The number of ether oxygens (including phenoxy) is 1. The summed E-state index contributed by atoms with van der Waals surface area (Å²) in [5.74, 6) is -0.641. The van der Waals surface area contributed by atoms with Gasteiger partial charge in [0.1, 0.15) is 18.1 Å². The topological polar surface area (TPSA) is 96.0 Å². The lowest BCUT2D eigenvalue weighted by Crippen LogP contribution is -2.42. The number of benzene rings is 2. The Hall–Kier alpha value is -3.14. The number of rotatable bonds is 6. The van der Waals surface area contributed by atoms with Crippen LogP contribution in [0.5, 0.6) is 5.75 Å². The van der Waals surface area contributed by atoms with Gasteiger partial charge in [-0.1, -0.05) is 0 Å². The number of urea groups is 1. The van der Waals surface area contributed by atoms with E-state index in [-0.39, 0.29) is 18.1 Å². The maximum absolute atomic E-state index is 13.3. The maximum Gasteiger partial charge on any atom is 0.325 e. The van der Waals surface area contributed by atoms with Crippen molar-refractivity contribution in [2.45, 2.75) is 19.0 Å². The van der Waals surface area contributed by atoms with Gasteiger partial charge in [0, 0.05) is 11.4 Å². The maximum atomic E-state index is 13.3. The molecule has 0 saturated carbocycles. The first kappa shape index (κ1) is 21.1. The number of amides is 3. The van der Waals surface area contributed by atoms with Crippen LogP contribution in [0, 0.1) is 5.82 Å². The van der Waals surface area contributed by atoms with Gasteiger partial charge in [-0.15, -0.1) is 0 Å². The van der Waals surface area contributed by atoms with Gasteiger partial charge < -0.3 is 15.0 Å². The molecule has 0 aromatic heterocycles. The molecule has 0 spiro atoms. The summed E-state index contributed by atoms with van der Waals surface area (Å²) in [6, 6.07) is 10.3. The van der Waals surface area contributed by atoms with E-state index in [1.807, 2.05) is 6.92 Å². The Morgan fingerprint density at radius 1 is 1.10 bits per heavy atom. The van der Waals surface area contributed by atoms with Crippen molar-refractivity contribution in [1.29, 1.82) is 0 Å². The van der Waals surface area contributed by atoms with Gasteiger partial charge in [-0.3, -0.25) is 9.69 Å². The highest BCUT2D eigenvalue weighted by atomic mass is 32.2. The van der Waals surface area contributed by atoms with Crippen LogP contribution in [-0.4, -0.2) is 62.0 Å². The molecule has 2 saturated heterocycles. The van der Waals surface area contributed by atoms with Crippen LogP contribution in [0.3, 0.4) is 0 Å². The predicted octanol–water partition coefficient (Wildman–Crippen LogP) is 2.27. The number of fused-ring (bicyclic) bond motifs is 1. The van der Waals surface area contributed by atoms with Crippen molar-refractivity contribution in [3.8, 4) is 5.75 Å². The van der Waals surface area contributed by atoms with E-state index >= 15 is 0 Å². The number of hydrogen-bond donors (Lipinski definition) is 1. The monoisotopic (exact) mass is 447 g/mol. The molecule has 1 N–H and O–H groups in total. The van der Waals surface area contributed by atoms with Crippen molar-refractivity contribution in [3.63, 3.8) is 0 Å². The molecule has 2 aromatic rings. The summed E-state index contributed by atoms with van der Waals surface area (Å²) < 4.78 is 43.2. The average Bonchev–Trinajstić information content (AvgIpc) is 3.15. The van der Waals surface area contributed by atoms with Gasteiger partial charge in [0.25, 0.3) is 0 Å². The van der Waals surface area contributed by atoms with E-state index in [0.29, 0.717) is 23.7 Å². The quantitative estimate of drug-likeness (QED) is 0.686. The number of anilines is 2. The van der Waals surface area contributed by atoms with Crippen molar-refractivity contribution in [1.82, 2.24) is 4.90 Å². The molecule has 2 aliphatic heterocycles. The summed E-state index contributed by atoms with van der Waals surface area (Å²) in [4.78, 5) is 28.3. The van der Waals surface area contributed by atoms with Crippen molar-refractivity contribution in [2.24, 2.45) is 0 Å². The van der Waals surface area contributed by atoms with Gasteiger partial charge in [-0.05, 0) is 55.5 Å². The molecular weight excluding hydrogens is 425 g/mol. The fourth-order valence-electron chi connectivity index (χ4n) is 4.02. The van der Waals surface area contributed by atoms with Crippen LogP contribution in [0.1, 0.15) is 6.92 Å². The molecule has 2 atom stereocenters. The first-order valence-corrected chi connectivity index (χ1v) is 11.7. The number of sulfone groups is 1. The van der Waals surface area contributed by atoms with Gasteiger partial charge in [-0.2, -0.15) is 0 Å². The lowest BCUT2D eigenvalue weighted by Gasteiger charge is -2.22. The Balaban J connectivity index is 1.52. The molecule has 2 fully saturated rings. The summed E-state index contributed by atoms with van der Waals surface area (Å²) in [5.41, 5.74) is 0.930. The minimum absolute atomic E-state index is 0.197. The average molecular weight is 447 g/mol. The predicted molar refractivity (Wildman–Crippen MR) is 113 cm³/mol. The summed E-state index contributed by atoms with van der Waals surface area (Å²) in [6.07, 6.45) is 0. The van der Waals surface area contributed by atoms with Crippen LogP contribution in [0.15, 0.2) is 48.5 Å². The van der Waals surface area contributed by atoms with Crippen molar-refractivity contribution < 1.29 is 27.1 Å². The summed E-state index contributed by atoms with van der Waals surface area (Å²) in [6.45, 7) is 2.10. The normalized spacial score (nSPS) is 21.8. The molecule has 0 aliphatic carbocycles. The largest absolute Gasteiger partial charge is 0.494 e. The number of hydrogen-bond acceptors (Lipinski definition) is 5. The first-order valence-electron chi connectivity index (χ1n) is 9.86. The fraction of sp³-hybridized carbons (Fsp3) is 0.333. The number of carbonyl (C=O) groups is 2. The van der Waals surface area contributed by atoms with E-state index in [9.17, 15) is 22.4 Å². The molecule has 0 bridgehead atoms. The summed E-state index contributed by atoms with van der Waals surface area (Å²) >= 11 is 0. The molecule has 164 valence electrons. The minimum atomic E-state index is -3.37. The Labute approximate surface area is 179 Å². The molecule has 8 nitrogen and oxygen atoms in total. The van der Waals surface area contributed by atoms with E-state index < -0.39 is 39.7 Å². The zero-order valence-electron chi connectivity index (χ0n) is 16.8. The zero-order valence-corrected chi connectivity index (χ0v) is 17.6. The third-order valence-electron chi connectivity index (χ3n) is 5.35. The van der Waals surface area contributed by atoms with Crippen LogP contribution < -0.4 is 15.0 Å². The van der Waals surface area contributed by atoms with E-state index in [1.165, 1.54) is 34.1 Å². The molecule has 2 aromatic carbocycles. The van der Waals surface area contributed by atoms with Crippen LogP contribution >= 0.6 is 0 Å². The fourth-order valence-corrected chi connectivity index (χ4v) is 5.97. The highest BCUT2D eigenvalue weighted by Gasteiger charge is 2.54. The molecule has 4 rings (SSSR count). The second-order valence-corrected chi connectivity index (χ2v) is 9.63. The molecular formula is C21H22FN3O5S. The van der Waals surface area contributed by atoms with Crippen LogP contribution in [0.4, 0.5) is 20.6 Å². The van der Waals surface area contributed by atoms with Gasteiger partial charge in [0.15, 0.2) is 9.84 Å². The molecule has 2 aliphatic rings. The highest BCUT2D eigenvalue weighted by molar-refractivity contribution is 7.91. The lowest BCUT2D eigenvalue weighted by atomic mass is 10.1. The van der Waals surface area contributed by atoms with Crippen LogP contribution in [0.25, 0.3) is 0 Å². The molecule has 2 heterocycles. The van der Waals surface area contributed by atoms with Crippen molar-refractivity contribution in [3.05, 3.63) is 54.3 Å². The third-order valence-corrected chi connectivity index (χ3v) is 7.04. The lowest BCUT2D eigenvalue weighted by molar-refractivity contribution is -0.116. The molecule has 0 radical (unpaired) electrons. The minimum Gasteiger partial charge on any atom is -0.494 e. The Morgan fingerprint density at radius 3 is 2.39 bits per heavy atom. The molecule has 0 unspecified atom stereocenters. The van der Waals surface area contributed by atoms with Crippen LogP contribution in [-0.2, 0) is 14.6 Å². The Bertz CT molecular complexity index is 1090. The zero-order chi connectivity index (χ0) is 22.2. The smallest absolute Gasteiger partial charge is 0.325 e. The Morgan fingerprint density at radius 2 is 1.74 bits per heavy atom. The highest BCUT2D eigenvalue weighted by Crippen LogP contribution is 2.35. The van der Waals surface area contributed by atoms with Crippen LogP contribution in [0.2, 0.25) is 0 Å². The first-order chi connectivity index (χ1) is 14.8. The van der Waals surface area contributed by atoms with Gasteiger partial charge in [0.05, 0.1) is 30.2 Å². The number of nitrogens with one attached hydrogen (secondary N) is 1. The molecule has 10 heteroatoms. The standard InChI is InChI=1S/C21H22FN3O5S/c1-2-30-17-9-5-15(6-10-17)23-20(26)11-24-18-12-31(28,29)13-19(18)25(21(24)27)16-7-3-14(22)4-8-16/h3-10,18-19H,2,11-13H2,1H3,(H,23,26)/t18-,19-/m0/s1. The van der Waals surface area contributed by atoms with Crippen molar-refractivity contribution >= 4 is 33.2 Å². The SMILES string of the molecule is CCOc1ccc(NC(=O)CN2C(=O)N(c3ccc(F)cc3)[C@H]3CS(=O)(=O)C[C@@H]32)cc1. The third kappa shape index (κ3) is 4.34. The van der Waals surface area contributed by atoms with Gasteiger partial charge in [0.2, 0.25) is 5.91 Å². The number of nitrogens with zero attached hydrogens (tertiary/aromatic N) is 2. The molecule has 3 amide bonds. The number of carbonyl (C=O) groups excluding carboxylic acids is 2. The van der Waals surface area contributed by atoms with E-state index in [1.54, 1.807) is 24.3 Å². The summed E-state index contributed by atoms with van der Waals surface area (Å²) in [5, 5.41) is 2.72. The second kappa shape index (κ2) is 8.18. The Kier molecular flexibility index (Phi) is 5.57. The van der Waals surface area contributed by atoms with E-state index in [2.05, 4.69) is 5.32 Å².